The quantitative estimate of drug-likeness (QED) is 0.0977. The third kappa shape index (κ3) is 81.2. The number of carbonyl (C=O) groups excluding carboxylic acids is 3. The predicted octanol–water partition coefficient (Wildman–Crippen LogP) is 6.45. The first-order valence-corrected chi connectivity index (χ1v) is 16.1. The van der Waals surface area contributed by atoms with Crippen LogP contribution in [0.4, 0.5) is 0 Å². The van der Waals surface area contributed by atoms with Crippen molar-refractivity contribution in [2.45, 2.75) is 126 Å². The van der Waals surface area contributed by atoms with Gasteiger partial charge in [0.1, 0.15) is 12.4 Å². The number of amides is 1. The first-order chi connectivity index (χ1) is 19.9. The van der Waals surface area contributed by atoms with Crippen molar-refractivity contribution in [3.05, 3.63) is 27.7 Å². The summed E-state index contributed by atoms with van der Waals surface area (Å²) in [6.07, 6.45) is 10.6. The summed E-state index contributed by atoms with van der Waals surface area (Å²) in [6, 6.07) is 0. The molecule has 0 unspecified atom stereocenters. The molecule has 0 aliphatic heterocycles. The van der Waals surface area contributed by atoms with E-state index in [9.17, 15) is 14.4 Å². The van der Waals surface area contributed by atoms with Crippen LogP contribution in [0.5, 0.6) is 0 Å². The Labute approximate surface area is 331 Å². The average Bonchev–Trinajstić information content (AvgIpc) is 2.88. The van der Waals surface area contributed by atoms with Gasteiger partial charge in [0.2, 0.25) is 0 Å². The molecule has 0 aliphatic rings. The molecular formula is C35H74N4O4Y2-4. The standard InChI is InChI=1S/C12H23O.C8H17NO2.C8H19N.C5H9NO.C2H6N.2Y/c1-5-11(13)9-7-6-8-10-12(2,3)4;1-7(2)5-8(10)6-11-4-3-9;1-8(2,3)6-4-5-7-9;1-3-5(7)6-4-2;1-2-3;;/h1,5-10H2,2-4H3;7H,3-6,9H2,1-2H3;4-7,9H2,1-3H3;1-4H2,(H,6,7);1-3H2;;/q-1;;;-2;-1;;. The third-order valence-corrected chi connectivity index (χ3v) is 5.25. The van der Waals surface area contributed by atoms with Crippen molar-refractivity contribution in [3.8, 4) is 0 Å². The van der Waals surface area contributed by atoms with Crippen molar-refractivity contribution in [2.24, 2.45) is 33.9 Å². The molecule has 0 bridgehead atoms. The van der Waals surface area contributed by atoms with Crippen LogP contribution in [0.15, 0.2) is 0 Å². The third-order valence-electron chi connectivity index (χ3n) is 5.25. The van der Waals surface area contributed by atoms with Gasteiger partial charge >= 0.3 is 0 Å². The number of carbonyl (C=O) groups is 3. The molecule has 45 heavy (non-hydrogen) atoms. The number of ether oxygens (including phenoxy) is 1. The summed E-state index contributed by atoms with van der Waals surface area (Å²) in [6.45, 7) is 34.2. The van der Waals surface area contributed by atoms with E-state index in [0.717, 1.165) is 19.4 Å². The SMILES string of the molecule is CC(C)(C)CCCCN.CC(C)CC(=O)COCCN.[CH2-]CC(=O)CCCCCC(C)(C)C.[CH2-]CN.[CH2-]CNC(=O)C[CH2-].[Y].[Y]. The van der Waals surface area contributed by atoms with E-state index in [1.807, 2.05) is 13.8 Å². The van der Waals surface area contributed by atoms with E-state index in [1.54, 1.807) is 0 Å². The number of nitrogens with two attached hydrogens (primary N) is 3. The van der Waals surface area contributed by atoms with Crippen LogP contribution >= 0.6 is 0 Å². The number of hydrogen-bond donors (Lipinski definition) is 4. The molecule has 1 amide bonds. The largest absolute Gasteiger partial charge is 0.388 e. The van der Waals surface area contributed by atoms with Gasteiger partial charge in [0.05, 0.1) is 6.61 Å². The molecule has 8 nitrogen and oxygen atoms in total. The molecule has 0 fully saturated rings. The van der Waals surface area contributed by atoms with Crippen LogP contribution in [-0.4, -0.2) is 56.9 Å². The van der Waals surface area contributed by atoms with E-state index in [0.29, 0.717) is 68.0 Å². The van der Waals surface area contributed by atoms with Gasteiger partial charge in [-0.2, -0.15) is 0 Å². The maximum absolute atomic E-state index is 11.0. The van der Waals surface area contributed by atoms with Crippen LogP contribution in [-0.2, 0) is 84.5 Å². The number of unbranched alkanes of at least 4 members (excludes halogenated alkanes) is 3. The topological polar surface area (TPSA) is 151 Å². The number of hydrogen-bond acceptors (Lipinski definition) is 7. The fourth-order valence-electron chi connectivity index (χ4n) is 3.09. The van der Waals surface area contributed by atoms with Crippen LogP contribution in [0.2, 0.25) is 0 Å². The minimum absolute atomic E-state index is 0. The minimum Gasteiger partial charge on any atom is -0.388 e. The summed E-state index contributed by atoms with van der Waals surface area (Å²) >= 11 is 0. The van der Waals surface area contributed by atoms with E-state index in [4.69, 9.17) is 21.9 Å². The van der Waals surface area contributed by atoms with E-state index in [-0.39, 0.29) is 83.7 Å². The van der Waals surface area contributed by atoms with Crippen LogP contribution in [0.3, 0.4) is 0 Å². The molecule has 0 saturated carbocycles. The smallest absolute Gasteiger partial charge is 0.187 e. The van der Waals surface area contributed by atoms with Gasteiger partial charge in [-0.05, 0) is 49.0 Å². The molecule has 0 atom stereocenters. The van der Waals surface area contributed by atoms with Crippen molar-refractivity contribution in [1.29, 1.82) is 0 Å². The van der Waals surface area contributed by atoms with E-state index in [1.165, 1.54) is 38.5 Å². The van der Waals surface area contributed by atoms with E-state index < -0.39 is 0 Å². The van der Waals surface area contributed by atoms with Crippen molar-refractivity contribution >= 4 is 17.5 Å². The molecule has 0 rings (SSSR count). The summed E-state index contributed by atoms with van der Waals surface area (Å²) in [4.78, 5) is 32.1. The molecule has 268 valence electrons. The van der Waals surface area contributed by atoms with E-state index in [2.05, 4.69) is 74.6 Å². The molecule has 7 N–H and O–H groups in total. The Morgan fingerprint density at radius 2 is 1.18 bits per heavy atom. The van der Waals surface area contributed by atoms with E-state index >= 15 is 0 Å². The number of rotatable bonds is 17. The zero-order chi connectivity index (χ0) is 34.7. The summed E-state index contributed by atoms with van der Waals surface area (Å²) in [7, 11) is 0. The van der Waals surface area contributed by atoms with Gasteiger partial charge in [0.25, 0.3) is 0 Å². The Morgan fingerprint density at radius 3 is 1.49 bits per heavy atom. The van der Waals surface area contributed by atoms with Crippen molar-refractivity contribution in [1.82, 2.24) is 5.32 Å². The second kappa shape index (κ2) is 44.9. The Bertz CT molecular complexity index is 609. The molecule has 0 aliphatic carbocycles. The van der Waals surface area contributed by atoms with Crippen LogP contribution in [0, 0.1) is 44.4 Å². The normalized spacial score (nSPS) is 10.0. The van der Waals surface area contributed by atoms with Gasteiger partial charge in [0, 0.05) is 84.8 Å². The Hall–Kier alpha value is 0.858. The van der Waals surface area contributed by atoms with Gasteiger partial charge in [-0.25, -0.2) is 0 Å². The molecule has 10 heteroatoms. The number of nitrogens with one attached hydrogen (secondary N) is 1. The Balaban J connectivity index is -0.0000000834. The first-order valence-electron chi connectivity index (χ1n) is 16.1. The number of Topliss-reactive ketones (excluding diaryl/α,β-unsaturated/α-hetero) is 2. The zero-order valence-corrected chi connectivity index (χ0v) is 36.6. The second-order valence-electron chi connectivity index (χ2n) is 13.1. The Kier molecular flexibility index (Phi) is 60.9. The molecular weight excluding hydrogens is 718 g/mol. The molecule has 0 heterocycles. The first kappa shape index (κ1) is 61.1. The average molecular weight is 793 g/mol. The fourth-order valence-corrected chi connectivity index (χ4v) is 3.09. The Morgan fingerprint density at radius 1 is 0.711 bits per heavy atom. The van der Waals surface area contributed by atoms with Crippen molar-refractivity contribution in [2.75, 3.05) is 39.4 Å². The van der Waals surface area contributed by atoms with Crippen molar-refractivity contribution < 1.29 is 84.5 Å². The van der Waals surface area contributed by atoms with Gasteiger partial charge in [-0.3, -0.25) is 9.59 Å². The predicted molar refractivity (Wildman–Crippen MR) is 187 cm³/mol. The zero-order valence-electron chi connectivity index (χ0n) is 30.9. The van der Waals surface area contributed by atoms with Crippen molar-refractivity contribution in [3.63, 3.8) is 0 Å². The molecule has 2 radical (unpaired) electrons. The van der Waals surface area contributed by atoms with Gasteiger partial charge < -0.3 is 59.7 Å². The molecule has 0 aromatic carbocycles. The molecule has 0 aromatic heterocycles. The maximum Gasteiger partial charge on any atom is 0.187 e. The van der Waals surface area contributed by atoms with Crippen LogP contribution in [0.25, 0.3) is 0 Å². The summed E-state index contributed by atoms with van der Waals surface area (Å²) in [5.41, 5.74) is 16.2. The molecule has 0 aromatic rings. The summed E-state index contributed by atoms with van der Waals surface area (Å²) in [5.74, 6) is 0.836. The minimum atomic E-state index is -0.0463. The van der Waals surface area contributed by atoms with Gasteiger partial charge in [-0.15, -0.1) is 25.9 Å². The van der Waals surface area contributed by atoms with Gasteiger partial charge in [0.15, 0.2) is 11.7 Å². The van der Waals surface area contributed by atoms with Crippen LogP contribution in [0.1, 0.15) is 126 Å². The summed E-state index contributed by atoms with van der Waals surface area (Å²) in [5, 5.41) is 2.48. The second-order valence-corrected chi connectivity index (χ2v) is 13.1. The number of ketones is 2. The maximum atomic E-state index is 11.0. The summed E-state index contributed by atoms with van der Waals surface area (Å²) < 4.78 is 4.97. The monoisotopic (exact) mass is 792 g/mol. The molecule has 0 spiro atoms. The fraction of sp³-hybridized carbons (Fsp3) is 0.800. The van der Waals surface area contributed by atoms with Crippen LogP contribution < -0.4 is 22.5 Å². The molecule has 0 saturated heterocycles. The van der Waals surface area contributed by atoms with Gasteiger partial charge in [-0.1, -0.05) is 74.7 Å².